The maximum absolute atomic E-state index is 12.8. The Hall–Kier alpha value is -1.80. The lowest BCUT2D eigenvalue weighted by Gasteiger charge is -2.25. The van der Waals surface area contributed by atoms with E-state index < -0.39 is 20.0 Å². The maximum atomic E-state index is 12.8. The number of nitrogens with one attached hydrogen (secondary N) is 1. The molecule has 0 aromatic rings. The fourth-order valence-electron chi connectivity index (χ4n) is 8.45. The molecule has 8 nitrogen and oxygen atoms in total. The summed E-state index contributed by atoms with van der Waals surface area (Å²) in [5.41, 5.74) is 0. The Labute approximate surface area is 428 Å². The van der Waals surface area contributed by atoms with E-state index in [0.717, 1.165) is 70.6 Å². The molecule has 3 unspecified atom stereocenters. The lowest BCUT2D eigenvalue weighted by atomic mass is 10.0. The van der Waals surface area contributed by atoms with Crippen LogP contribution >= 0.6 is 7.82 Å². The topological polar surface area (TPSA) is 105 Å². The summed E-state index contributed by atoms with van der Waals surface area (Å²) in [5.74, 6) is -0.179. The lowest BCUT2D eigenvalue weighted by Crippen LogP contribution is -2.45. The summed E-state index contributed by atoms with van der Waals surface area (Å²) < 4.78 is 23.5. The number of phosphoric acid groups is 1. The van der Waals surface area contributed by atoms with Gasteiger partial charge in [-0.15, -0.1) is 0 Å². The van der Waals surface area contributed by atoms with E-state index in [1.807, 2.05) is 27.2 Å². The fraction of sp³-hybridized carbons (Fsp3) is 0.817. The third-order valence-electron chi connectivity index (χ3n) is 13.0. The molecule has 3 N–H and O–H groups in total. The number of allylic oxidation sites excluding steroid dienone is 9. The molecule has 3 atom stereocenters. The van der Waals surface area contributed by atoms with Crippen LogP contribution < -0.4 is 5.32 Å². The van der Waals surface area contributed by atoms with Gasteiger partial charge in [-0.1, -0.05) is 261 Å². The van der Waals surface area contributed by atoms with Crippen molar-refractivity contribution in [3.8, 4) is 0 Å². The summed E-state index contributed by atoms with van der Waals surface area (Å²) in [6.45, 7) is 4.63. The van der Waals surface area contributed by atoms with E-state index >= 15 is 0 Å². The first-order chi connectivity index (χ1) is 33.5. The molecule has 69 heavy (non-hydrogen) atoms. The van der Waals surface area contributed by atoms with Crippen molar-refractivity contribution >= 4 is 13.7 Å². The molecule has 0 aromatic heterocycles. The van der Waals surface area contributed by atoms with E-state index in [2.05, 4.69) is 67.8 Å². The fourth-order valence-corrected chi connectivity index (χ4v) is 9.18. The third-order valence-corrected chi connectivity index (χ3v) is 14.0. The van der Waals surface area contributed by atoms with E-state index in [1.165, 1.54) is 173 Å². The molecule has 0 aliphatic heterocycles. The van der Waals surface area contributed by atoms with Gasteiger partial charge in [0.05, 0.1) is 39.9 Å². The number of hydrogen-bond acceptors (Lipinski definition) is 5. The summed E-state index contributed by atoms with van der Waals surface area (Å²) in [4.78, 5) is 23.0. The number of nitrogens with zero attached hydrogens (tertiary/aromatic N) is 1. The number of hydrogen-bond donors (Lipinski definition) is 3. The average Bonchev–Trinajstić information content (AvgIpc) is 3.31. The van der Waals surface area contributed by atoms with E-state index in [1.54, 1.807) is 6.08 Å². The van der Waals surface area contributed by atoms with Crippen LogP contribution in [0.3, 0.4) is 0 Å². The number of carbonyl (C=O) groups excluding carboxylic acids is 1. The van der Waals surface area contributed by atoms with Gasteiger partial charge >= 0.3 is 7.82 Å². The Morgan fingerprint density at radius 1 is 0.507 bits per heavy atom. The van der Waals surface area contributed by atoms with E-state index in [0.29, 0.717) is 17.4 Å². The number of aliphatic hydroxyl groups is 1. The number of quaternary nitrogens is 1. The molecule has 0 radical (unpaired) electrons. The Kier molecular flexibility index (Phi) is 49.8. The van der Waals surface area contributed by atoms with Crippen molar-refractivity contribution in [2.45, 2.75) is 276 Å². The monoisotopic (exact) mass is 990 g/mol. The van der Waals surface area contributed by atoms with Gasteiger partial charge in [0.25, 0.3) is 0 Å². The second-order valence-corrected chi connectivity index (χ2v) is 22.4. The minimum Gasteiger partial charge on any atom is -0.387 e. The normalized spacial score (nSPS) is 14.4. The van der Waals surface area contributed by atoms with Crippen LogP contribution in [0.4, 0.5) is 0 Å². The second-order valence-electron chi connectivity index (χ2n) is 21.0. The highest BCUT2D eigenvalue weighted by molar-refractivity contribution is 7.47. The summed E-state index contributed by atoms with van der Waals surface area (Å²) in [7, 11) is 1.57. The van der Waals surface area contributed by atoms with Crippen LogP contribution in [0.15, 0.2) is 60.8 Å². The Morgan fingerprint density at radius 3 is 1.28 bits per heavy atom. The first-order valence-corrected chi connectivity index (χ1v) is 30.7. The van der Waals surface area contributed by atoms with Crippen molar-refractivity contribution in [2.75, 3.05) is 40.9 Å². The van der Waals surface area contributed by atoms with E-state index in [9.17, 15) is 19.4 Å². The van der Waals surface area contributed by atoms with Crippen LogP contribution in [-0.4, -0.2) is 73.4 Å². The van der Waals surface area contributed by atoms with Crippen LogP contribution in [0.25, 0.3) is 0 Å². The number of amides is 1. The molecule has 0 aromatic carbocycles. The van der Waals surface area contributed by atoms with Crippen LogP contribution in [-0.2, 0) is 18.4 Å². The quantitative estimate of drug-likeness (QED) is 0.0243. The molecule has 0 aliphatic rings. The van der Waals surface area contributed by atoms with E-state index in [4.69, 9.17) is 9.05 Å². The molecule has 9 heteroatoms. The summed E-state index contributed by atoms with van der Waals surface area (Å²) in [6, 6.07) is -0.841. The molecule has 0 fully saturated rings. The standard InChI is InChI=1S/C60H113N2O6P/c1-6-8-10-12-14-15-16-17-18-19-20-21-22-23-24-25-26-27-28-29-30-31-32-33-34-35-36-37-38-39-40-41-42-43-44-45-46-47-48-50-52-54-60(64)61-58(59(63)53-51-49-13-11-9-7-2)57-68-69(65,66)67-56-55-62(3,4)5/h8,10,14-15,17-18,20-21,51,53,58-59,63H,6-7,9,11-13,16,19,22-50,52,54-57H2,1-5H3,(H-,61,64,65,66)/p+1/b10-8-,15-14-,18-17-,21-20-,53-51+. The smallest absolute Gasteiger partial charge is 0.387 e. The van der Waals surface area contributed by atoms with Crippen LogP contribution in [0.5, 0.6) is 0 Å². The molecule has 0 heterocycles. The Morgan fingerprint density at radius 2 is 0.870 bits per heavy atom. The molecule has 0 aliphatic carbocycles. The molecular weight excluding hydrogens is 876 g/mol. The van der Waals surface area contributed by atoms with Crippen molar-refractivity contribution in [3.05, 3.63) is 60.8 Å². The number of unbranched alkanes of at least 4 members (excludes halogenated alkanes) is 32. The minimum atomic E-state index is -4.33. The predicted octanol–water partition coefficient (Wildman–Crippen LogP) is 17.7. The van der Waals surface area contributed by atoms with Crippen molar-refractivity contribution in [2.24, 2.45) is 0 Å². The average molecular weight is 991 g/mol. The molecule has 0 saturated heterocycles. The van der Waals surface area contributed by atoms with Gasteiger partial charge in [-0.05, 0) is 57.8 Å². The van der Waals surface area contributed by atoms with Gasteiger partial charge in [0.2, 0.25) is 5.91 Å². The molecule has 0 rings (SSSR count). The van der Waals surface area contributed by atoms with Crippen molar-refractivity contribution in [1.82, 2.24) is 5.32 Å². The zero-order valence-corrected chi connectivity index (χ0v) is 46.9. The van der Waals surface area contributed by atoms with Crippen molar-refractivity contribution in [1.29, 1.82) is 0 Å². The predicted molar refractivity (Wildman–Crippen MR) is 300 cm³/mol. The zero-order chi connectivity index (χ0) is 50.6. The summed E-state index contributed by atoms with van der Waals surface area (Å²) in [6.07, 6.45) is 69.7. The van der Waals surface area contributed by atoms with Crippen LogP contribution in [0.1, 0.15) is 264 Å². The van der Waals surface area contributed by atoms with Gasteiger partial charge in [0.15, 0.2) is 0 Å². The molecule has 0 bridgehead atoms. The maximum Gasteiger partial charge on any atom is 0.472 e. The number of carbonyl (C=O) groups is 1. The summed E-state index contributed by atoms with van der Waals surface area (Å²) in [5, 5.41) is 13.7. The highest BCUT2D eigenvalue weighted by Crippen LogP contribution is 2.43. The SMILES string of the molecule is CC/C=C\C/C=C\C/C=C\C/C=C\CCCCCCCCCCCCCCCCCCCCCCCCCCCCCCC(=O)NC(COP(=O)(O)OCC[N+](C)(C)C)C(O)/C=C/CCCCCC. The first kappa shape index (κ1) is 67.2. The molecule has 0 saturated carbocycles. The minimum absolute atomic E-state index is 0.0617. The molecule has 404 valence electrons. The van der Waals surface area contributed by atoms with Crippen LogP contribution in [0.2, 0.25) is 0 Å². The molecular formula is C60H114N2O6P+. The van der Waals surface area contributed by atoms with Crippen molar-refractivity contribution in [3.63, 3.8) is 0 Å². The number of rotatable bonds is 53. The summed E-state index contributed by atoms with van der Waals surface area (Å²) >= 11 is 0. The second kappa shape index (κ2) is 51.1. The largest absolute Gasteiger partial charge is 0.472 e. The van der Waals surface area contributed by atoms with Crippen molar-refractivity contribution < 1.29 is 32.9 Å². The van der Waals surface area contributed by atoms with Gasteiger partial charge in [-0.25, -0.2) is 4.57 Å². The molecule has 0 spiro atoms. The third kappa shape index (κ3) is 53.8. The number of likely N-dealkylation sites (N-methyl/N-ethyl adjacent to an activating group) is 1. The van der Waals surface area contributed by atoms with E-state index in [-0.39, 0.29) is 19.1 Å². The first-order valence-electron chi connectivity index (χ1n) is 29.2. The Balaban J connectivity index is 3.68. The van der Waals surface area contributed by atoms with Gasteiger partial charge in [0.1, 0.15) is 13.2 Å². The highest BCUT2D eigenvalue weighted by atomic mass is 31.2. The number of aliphatic hydroxyl groups excluding tert-OH is 1. The van der Waals surface area contributed by atoms with Gasteiger partial charge in [-0.3, -0.25) is 13.8 Å². The molecule has 1 amide bonds. The van der Waals surface area contributed by atoms with Gasteiger partial charge in [-0.2, -0.15) is 0 Å². The van der Waals surface area contributed by atoms with Crippen LogP contribution in [0, 0.1) is 0 Å². The Bertz CT molecular complexity index is 1310. The van der Waals surface area contributed by atoms with Gasteiger partial charge in [0, 0.05) is 6.42 Å². The number of phosphoric ester groups is 1. The highest BCUT2D eigenvalue weighted by Gasteiger charge is 2.27. The van der Waals surface area contributed by atoms with Gasteiger partial charge < -0.3 is 19.8 Å². The lowest BCUT2D eigenvalue weighted by molar-refractivity contribution is -0.870. The zero-order valence-electron chi connectivity index (χ0n) is 46.0.